The molecule has 6 nitrogen and oxygen atoms in total. The minimum absolute atomic E-state index is 0.101. The summed E-state index contributed by atoms with van der Waals surface area (Å²) in [5, 5.41) is 9.54. The Morgan fingerprint density at radius 3 is 1.84 bits per heavy atom. The molecule has 1 aliphatic heterocycles. The average molecular weight is 619 g/mol. The zero-order valence-corrected chi connectivity index (χ0v) is 28.4. The van der Waals surface area contributed by atoms with Crippen molar-refractivity contribution in [2.45, 2.75) is 180 Å². The Balaban J connectivity index is 1.96. The maximum absolute atomic E-state index is 12.1. The zero-order valence-electron chi connectivity index (χ0n) is 28.4. The molecule has 0 spiro atoms. The summed E-state index contributed by atoms with van der Waals surface area (Å²) < 4.78 is 16.3. The highest BCUT2D eigenvalue weighted by molar-refractivity contribution is 5.70. The first-order chi connectivity index (χ1) is 21.6. The van der Waals surface area contributed by atoms with Crippen molar-refractivity contribution in [1.82, 2.24) is 0 Å². The normalized spacial score (nSPS) is 17.2. The number of allylic oxidation sites excluding steroid dienone is 5. The van der Waals surface area contributed by atoms with Gasteiger partial charge in [-0.3, -0.25) is 9.59 Å². The van der Waals surface area contributed by atoms with Crippen LogP contribution in [-0.4, -0.2) is 48.6 Å². The summed E-state index contributed by atoms with van der Waals surface area (Å²) in [7, 11) is 0. The molecular weight excluding hydrogens is 552 g/mol. The lowest BCUT2D eigenvalue weighted by Gasteiger charge is -2.15. The molecule has 0 aromatic carbocycles. The number of aliphatic hydroxyl groups is 1. The number of hydrogen-bond donors (Lipinski definition) is 1. The topological polar surface area (TPSA) is 85.4 Å². The predicted octanol–water partition coefficient (Wildman–Crippen LogP) is 9.88. The Kier molecular flexibility index (Phi) is 27.1. The van der Waals surface area contributed by atoms with Crippen LogP contribution in [0.25, 0.3) is 0 Å². The molecule has 0 bridgehead atoms. The number of carbonyl (C=O) groups is 2. The zero-order chi connectivity index (χ0) is 31.9. The molecule has 6 heteroatoms. The molecule has 3 atom stereocenters. The molecule has 0 radical (unpaired) electrons. The highest BCUT2D eigenvalue weighted by atomic mass is 16.6. The summed E-state index contributed by atoms with van der Waals surface area (Å²) in [6.45, 7) is 4.03. The first kappa shape index (κ1) is 40.1. The van der Waals surface area contributed by atoms with E-state index in [1.807, 2.05) is 0 Å². The van der Waals surface area contributed by atoms with Crippen LogP contribution in [0.1, 0.15) is 162 Å². The molecular formula is C38H66O6. The number of epoxide rings is 1. The fraction of sp³-hybridized carbons (Fsp3) is 0.789. The van der Waals surface area contributed by atoms with Crippen LogP contribution < -0.4 is 0 Å². The third kappa shape index (κ3) is 25.4. The highest BCUT2D eigenvalue weighted by Crippen LogP contribution is 2.30. The number of hydrogen-bond acceptors (Lipinski definition) is 6. The first-order valence-electron chi connectivity index (χ1n) is 18.2. The van der Waals surface area contributed by atoms with Gasteiger partial charge in [0.05, 0.1) is 18.8 Å². The van der Waals surface area contributed by atoms with E-state index in [2.05, 4.69) is 50.3 Å². The predicted molar refractivity (Wildman–Crippen MR) is 182 cm³/mol. The van der Waals surface area contributed by atoms with Crippen LogP contribution in [0.3, 0.4) is 0 Å². The van der Waals surface area contributed by atoms with Crippen LogP contribution >= 0.6 is 0 Å². The third-order valence-electron chi connectivity index (χ3n) is 8.11. The Labute approximate surface area is 270 Å². The van der Waals surface area contributed by atoms with Gasteiger partial charge in [0.1, 0.15) is 6.61 Å². The number of aliphatic hydroxyl groups excluding tert-OH is 1. The number of carbonyl (C=O) groups excluding carboxylic acids is 2. The van der Waals surface area contributed by atoms with E-state index in [1.54, 1.807) is 0 Å². The minimum Gasteiger partial charge on any atom is -0.462 e. The van der Waals surface area contributed by atoms with Gasteiger partial charge in [0, 0.05) is 12.8 Å². The molecule has 254 valence electrons. The van der Waals surface area contributed by atoms with Crippen LogP contribution in [-0.2, 0) is 23.8 Å². The summed E-state index contributed by atoms with van der Waals surface area (Å²) in [5.41, 5.74) is 0. The molecule has 1 fully saturated rings. The van der Waals surface area contributed by atoms with E-state index >= 15 is 0 Å². The van der Waals surface area contributed by atoms with Crippen LogP contribution in [0.15, 0.2) is 36.5 Å². The van der Waals surface area contributed by atoms with Gasteiger partial charge in [-0.1, -0.05) is 134 Å². The average Bonchev–Trinajstić information content (AvgIpc) is 3.78. The summed E-state index contributed by atoms with van der Waals surface area (Å²) in [6.07, 6.45) is 37.9. The molecule has 1 aliphatic rings. The van der Waals surface area contributed by atoms with Gasteiger partial charge in [0.2, 0.25) is 0 Å². The summed E-state index contributed by atoms with van der Waals surface area (Å²) in [4.78, 5) is 24.2. The van der Waals surface area contributed by atoms with Crippen molar-refractivity contribution in [3.05, 3.63) is 36.5 Å². The quantitative estimate of drug-likeness (QED) is 0.0360. The van der Waals surface area contributed by atoms with E-state index in [1.165, 1.54) is 83.5 Å². The second-order valence-corrected chi connectivity index (χ2v) is 12.3. The lowest BCUT2D eigenvalue weighted by molar-refractivity contribution is -0.161. The van der Waals surface area contributed by atoms with E-state index in [0.29, 0.717) is 19.3 Å². The van der Waals surface area contributed by atoms with Crippen LogP contribution in [0.4, 0.5) is 0 Å². The number of rotatable bonds is 31. The Morgan fingerprint density at radius 2 is 1.20 bits per heavy atom. The SMILES string of the molecule is CCCCC/C=C\C/C=C\C/C=C\CC1OC1CCCC(=O)OC[C@H](CO)OC(=O)CCCCCCCCCCCCCC. The fourth-order valence-corrected chi connectivity index (χ4v) is 5.23. The second-order valence-electron chi connectivity index (χ2n) is 12.3. The van der Waals surface area contributed by atoms with Crippen molar-refractivity contribution >= 4 is 11.9 Å². The third-order valence-corrected chi connectivity index (χ3v) is 8.11. The van der Waals surface area contributed by atoms with E-state index in [4.69, 9.17) is 14.2 Å². The Hall–Kier alpha value is -1.92. The highest BCUT2D eigenvalue weighted by Gasteiger charge is 2.36. The first-order valence-corrected chi connectivity index (χ1v) is 18.2. The molecule has 2 unspecified atom stereocenters. The van der Waals surface area contributed by atoms with Gasteiger partial charge < -0.3 is 19.3 Å². The van der Waals surface area contributed by atoms with Gasteiger partial charge in [0.25, 0.3) is 0 Å². The van der Waals surface area contributed by atoms with Crippen LogP contribution in [0.5, 0.6) is 0 Å². The molecule has 0 aromatic heterocycles. The maximum Gasteiger partial charge on any atom is 0.306 e. The van der Waals surface area contributed by atoms with Crippen molar-refractivity contribution in [2.24, 2.45) is 0 Å². The van der Waals surface area contributed by atoms with Gasteiger partial charge in [-0.25, -0.2) is 0 Å². The molecule has 0 aromatic rings. The standard InChI is InChI=1S/C38H66O6/c1-3-5-7-9-11-13-15-17-19-21-23-25-28-35-36(44-35)29-27-31-37(40)42-33-34(32-39)43-38(41)30-26-24-22-20-18-16-14-12-10-8-6-4-2/h11,13,17,19,23,25,34-36,39H,3-10,12,14-16,18,20-22,24,26-33H2,1-2H3/b13-11-,19-17-,25-23-/t34-,35?,36?/m0/s1. The van der Waals surface area contributed by atoms with Crippen LogP contribution in [0.2, 0.25) is 0 Å². The van der Waals surface area contributed by atoms with E-state index in [-0.39, 0.29) is 37.4 Å². The minimum atomic E-state index is -0.798. The molecule has 1 N–H and O–H groups in total. The van der Waals surface area contributed by atoms with Crippen molar-refractivity contribution < 1.29 is 28.9 Å². The number of ether oxygens (including phenoxy) is 3. The molecule has 0 amide bonds. The molecule has 1 saturated heterocycles. The lowest BCUT2D eigenvalue weighted by atomic mass is 10.0. The maximum atomic E-state index is 12.1. The number of esters is 2. The largest absolute Gasteiger partial charge is 0.462 e. The van der Waals surface area contributed by atoms with Gasteiger partial charge in [-0.2, -0.15) is 0 Å². The fourth-order valence-electron chi connectivity index (χ4n) is 5.23. The van der Waals surface area contributed by atoms with E-state index < -0.39 is 6.10 Å². The molecule has 0 aliphatic carbocycles. The molecule has 1 heterocycles. The van der Waals surface area contributed by atoms with Gasteiger partial charge in [-0.05, 0) is 51.4 Å². The van der Waals surface area contributed by atoms with Gasteiger partial charge >= 0.3 is 11.9 Å². The Bertz CT molecular complexity index is 773. The summed E-state index contributed by atoms with van der Waals surface area (Å²) in [5.74, 6) is -0.667. The Morgan fingerprint density at radius 1 is 0.659 bits per heavy atom. The van der Waals surface area contributed by atoms with Crippen LogP contribution in [0, 0.1) is 0 Å². The lowest BCUT2D eigenvalue weighted by Crippen LogP contribution is -2.28. The van der Waals surface area contributed by atoms with Crippen molar-refractivity contribution in [2.75, 3.05) is 13.2 Å². The summed E-state index contributed by atoms with van der Waals surface area (Å²) in [6, 6.07) is 0. The molecule has 44 heavy (non-hydrogen) atoms. The second kappa shape index (κ2) is 29.8. The van der Waals surface area contributed by atoms with Crippen molar-refractivity contribution in [3.63, 3.8) is 0 Å². The summed E-state index contributed by atoms with van der Waals surface area (Å²) >= 11 is 0. The monoisotopic (exact) mass is 618 g/mol. The van der Waals surface area contributed by atoms with Crippen molar-refractivity contribution in [3.8, 4) is 0 Å². The van der Waals surface area contributed by atoms with Gasteiger partial charge in [0.15, 0.2) is 6.10 Å². The smallest absolute Gasteiger partial charge is 0.306 e. The number of unbranched alkanes of at least 4 members (excludes halogenated alkanes) is 14. The van der Waals surface area contributed by atoms with E-state index in [9.17, 15) is 14.7 Å². The van der Waals surface area contributed by atoms with Gasteiger partial charge in [-0.15, -0.1) is 0 Å². The molecule has 0 saturated carbocycles. The van der Waals surface area contributed by atoms with Crippen molar-refractivity contribution in [1.29, 1.82) is 0 Å². The molecule has 1 rings (SSSR count). The van der Waals surface area contributed by atoms with E-state index in [0.717, 1.165) is 44.9 Å².